The van der Waals surface area contributed by atoms with Crippen LogP contribution in [0, 0.1) is 11.3 Å². The van der Waals surface area contributed by atoms with Gasteiger partial charge in [-0.05, 0) is 48.9 Å². The molecular formula is C17H18FN3O3. The SMILES string of the molecule is NCC1CN(c2ccc3c(=O)c(C(=O)O)cn(F)c3c2)CC12CC2. The first-order valence-corrected chi connectivity index (χ1v) is 7.99. The van der Waals surface area contributed by atoms with E-state index in [1.807, 2.05) is 0 Å². The van der Waals surface area contributed by atoms with Crippen LogP contribution in [0.15, 0.2) is 29.2 Å². The number of aromatic carboxylic acids is 1. The van der Waals surface area contributed by atoms with Crippen LogP contribution in [-0.2, 0) is 0 Å². The van der Waals surface area contributed by atoms with E-state index in [4.69, 9.17) is 10.8 Å². The summed E-state index contributed by atoms with van der Waals surface area (Å²) in [7, 11) is 0. The molecule has 0 amide bonds. The molecule has 1 aliphatic heterocycles. The summed E-state index contributed by atoms with van der Waals surface area (Å²) in [4.78, 5) is 25.6. The van der Waals surface area contributed by atoms with Crippen LogP contribution in [0.5, 0.6) is 0 Å². The van der Waals surface area contributed by atoms with Crippen molar-refractivity contribution in [3.8, 4) is 0 Å². The third-order valence-corrected chi connectivity index (χ3v) is 5.53. The minimum atomic E-state index is -1.43. The fourth-order valence-electron chi connectivity index (χ4n) is 3.91. The smallest absolute Gasteiger partial charge is 0.341 e. The van der Waals surface area contributed by atoms with Gasteiger partial charge >= 0.3 is 5.97 Å². The van der Waals surface area contributed by atoms with E-state index in [1.54, 1.807) is 12.1 Å². The topological polar surface area (TPSA) is 88.6 Å². The Balaban J connectivity index is 1.77. The fraction of sp³-hybridized carbons (Fsp3) is 0.412. The normalized spacial score (nSPS) is 21.6. The second-order valence-corrected chi connectivity index (χ2v) is 6.87. The molecule has 2 fully saturated rings. The van der Waals surface area contributed by atoms with Gasteiger partial charge in [0.1, 0.15) is 5.56 Å². The summed E-state index contributed by atoms with van der Waals surface area (Å²) in [6.45, 7) is 2.36. The quantitative estimate of drug-likeness (QED) is 0.892. The van der Waals surface area contributed by atoms with Gasteiger partial charge in [0.25, 0.3) is 0 Å². The molecule has 0 bridgehead atoms. The zero-order valence-electron chi connectivity index (χ0n) is 13.0. The van der Waals surface area contributed by atoms with Gasteiger partial charge in [-0.3, -0.25) is 4.79 Å². The molecule has 1 unspecified atom stereocenters. The molecule has 4 rings (SSSR count). The molecule has 126 valence electrons. The van der Waals surface area contributed by atoms with E-state index in [-0.39, 0.29) is 15.7 Å². The Morgan fingerprint density at radius 1 is 1.42 bits per heavy atom. The van der Waals surface area contributed by atoms with Crippen molar-refractivity contribution in [2.45, 2.75) is 12.8 Å². The van der Waals surface area contributed by atoms with Crippen LogP contribution < -0.4 is 16.1 Å². The zero-order chi connectivity index (χ0) is 17.1. The minimum Gasteiger partial charge on any atom is -0.477 e. The third kappa shape index (κ3) is 2.11. The number of pyridine rings is 1. The average molecular weight is 331 g/mol. The molecular weight excluding hydrogens is 313 g/mol. The van der Waals surface area contributed by atoms with Crippen molar-refractivity contribution in [3.05, 3.63) is 40.2 Å². The number of halogens is 1. The zero-order valence-corrected chi connectivity index (χ0v) is 13.0. The van der Waals surface area contributed by atoms with E-state index >= 15 is 0 Å². The molecule has 2 aliphatic rings. The van der Waals surface area contributed by atoms with Gasteiger partial charge in [-0.25, -0.2) is 4.79 Å². The number of nitrogens with two attached hydrogens (primary N) is 1. The van der Waals surface area contributed by atoms with Crippen molar-refractivity contribution >= 4 is 22.6 Å². The number of fused-ring (bicyclic) bond motifs is 1. The van der Waals surface area contributed by atoms with Gasteiger partial charge in [-0.15, -0.1) is 0 Å². The maximum Gasteiger partial charge on any atom is 0.341 e. The molecule has 24 heavy (non-hydrogen) atoms. The van der Waals surface area contributed by atoms with Crippen LogP contribution in [0.3, 0.4) is 0 Å². The van der Waals surface area contributed by atoms with E-state index in [0.29, 0.717) is 17.9 Å². The molecule has 1 spiro atoms. The first-order valence-electron chi connectivity index (χ1n) is 7.99. The third-order valence-electron chi connectivity index (χ3n) is 5.53. The van der Waals surface area contributed by atoms with Crippen LogP contribution >= 0.6 is 0 Å². The van der Waals surface area contributed by atoms with Crippen molar-refractivity contribution in [1.29, 1.82) is 0 Å². The van der Waals surface area contributed by atoms with Gasteiger partial charge in [0.15, 0.2) is 0 Å². The van der Waals surface area contributed by atoms with Crippen molar-refractivity contribution in [1.82, 2.24) is 4.79 Å². The van der Waals surface area contributed by atoms with Crippen LogP contribution in [0.4, 0.5) is 10.2 Å². The second kappa shape index (κ2) is 5.04. The number of carboxylic acid groups (broad SMARTS) is 1. The number of anilines is 1. The fourth-order valence-corrected chi connectivity index (χ4v) is 3.91. The maximum absolute atomic E-state index is 14.2. The Kier molecular flexibility index (Phi) is 3.18. The lowest BCUT2D eigenvalue weighted by atomic mass is 9.93. The Labute approximate surface area is 137 Å². The summed E-state index contributed by atoms with van der Waals surface area (Å²) in [6, 6.07) is 4.87. The minimum absolute atomic E-state index is 0.0665. The van der Waals surface area contributed by atoms with E-state index in [1.165, 1.54) is 18.9 Å². The molecule has 2 aromatic rings. The number of hydrogen-bond donors (Lipinski definition) is 2. The van der Waals surface area contributed by atoms with Gasteiger partial charge in [-0.2, -0.15) is 4.79 Å². The molecule has 1 atom stereocenters. The first kappa shape index (κ1) is 15.1. The highest BCUT2D eigenvalue weighted by molar-refractivity contribution is 5.93. The van der Waals surface area contributed by atoms with E-state index in [2.05, 4.69) is 4.90 Å². The highest BCUT2D eigenvalue weighted by Crippen LogP contribution is 2.56. The van der Waals surface area contributed by atoms with Crippen LogP contribution in [0.1, 0.15) is 23.2 Å². The highest BCUT2D eigenvalue weighted by atomic mass is 19.2. The lowest BCUT2D eigenvalue weighted by molar-refractivity contribution is 0.0693. The molecule has 1 aromatic heterocycles. The summed E-state index contributed by atoms with van der Waals surface area (Å²) in [5, 5.41) is 9.06. The van der Waals surface area contributed by atoms with Crippen molar-refractivity contribution < 1.29 is 14.4 Å². The Morgan fingerprint density at radius 3 is 2.75 bits per heavy atom. The molecule has 2 heterocycles. The molecule has 0 radical (unpaired) electrons. The lowest BCUT2D eigenvalue weighted by Crippen LogP contribution is -2.24. The molecule has 6 nitrogen and oxygen atoms in total. The number of nitrogens with zero attached hydrogens (tertiary/aromatic N) is 2. The predicted molar refractivity (Wildman–Crippen MR) is 88.1 cm³/mol. The molecule has 1 saturated carbocycles. The monoisotopic (exact) mass is 331 g/mol. The molecule has 3 N–H and O–H groups in total. The number of carbonyl (C=O) groups is 1. The Morgan fingerprint density at radius 2 is 2.17 bits per heavy atom. The van der Waals surface area contributed by atoms with Gasteiger partial charge in [0, 0.05) is 24.2 Å². The summed E-state index contributed by atoms with van der Waals surface area (Å²) in [6.07, 6.45) is 3.08. The summed E-state index contributed by atoms with van der Waals surface area (Å²) < 4.78 is 14.2. The van der Waals surface area contributed by atoms with E-state index < -0.39 is 17.0 Å². The van der Waals surface area contributed by atoms with E-state index in [0.717, 1.165) is 25.0 Å². The van der Waals surface area contributed by atoms with Crippen LogP contribution in [0.2, 0.25) is 0 Å². The summed E-state index contributed by atoms with van der Waals surface area (Å²) in [5.41, 5.74) is 5.86. The van der Waals surface area contributed by atoms with Gasteiger partial charge < -0.3 is 15.7 Å². The number of aromatic nitrogens is 1. The number of rotatable bonds is 3. The molecule has 1 saturated heterocycles. The Bertz CT molecular complexity index is 904. The number of carboxylic acids is 1. The van der Waals surface area contributed by atoms with Crippen LogP contribution in [0.25, 0.3) is 10.9 Å². The highest BCUT2D eigenvalue weighted by Gasteiger charge is 2.54. The number of benzene rings is 1. The van der Waals surface area contributed by atoms with Gasteiger partial charge in [0.2, 0.25) is 5.43 Å². The number of hydrogen-bond acceptors (Lipinski definition) is 4. The molecule has 7 heteroatoms. The average Bonchev–Trinajstić information content (AvgIpc) is 3.23. The van der Waals surface area contributed by atoms with Gasteiger partial charge in [-0.1, -0.05) is 4.48 Å². The van der Waals surface area contributed by atoms with Crippen molar-refractivity contribution in [2.75, 3.05) is 24.5 Å². The lowest BCUT2D eigenvalue weighted by Gasteiger charge is -2.19. The first-order chi connectivity index (χ1) is 11.4. The van der Waals surface area contributed by atoms with Crippen molar-refractivity contribution in [3.63, 3.8) is 0 Å². The molecule has 1 aromatic carbocycles. The summed E-state index contributed by atoms with van der Waals surface area (Å²) >= 11 is 0. The molecule has 1 aliphatic carbocycles. The summed E-state index contributed by atoms with van der Waals surface area (Å²) in [5.74, 6) is -0.992. The van der Waals surface area contributed by atoms with Crippen LogP contribution in [-0.4, -0.2) is 35.5 Å². The second-order valence-electron chi connectivity index (χ2n) is 6.87. The van der Waals surface area contributed by atoms with Crippen molar-refractivity contribution in [2.24, 2.45) is 17.1 Å². The predicted octanol–water partition coefficient (Wildman–Crippen LogP) is 1.61. The standard InChI is InChI=1S/C17H18FN3O3/c18-21-8-13(16(23)24)15(22)12-2-1-11(5-14(12)21)20-7-10(6-19)17(9-20)3-4-17/h1-2,5,8,10H,3-4,6-7,9,19H2,(H,23,24). The Hall–Kier alpha value is -2.41. The van der Waals surface area contributed by atoms with E-state index in [9.17, 15) is 14.1 Å². The largest absolute Gasteiger partial charge is 0.477 e. The maximum atomic E-state index is 14.2. The van der Waals surface area contributed by atoms with Gasteiger partial charge in [0.05, 0.1) is 11.7 Å².